The summed E-state index contributed by atoms with van der Waals surface area (Å²) >= 11 is 1.30. The van der Waals surface area contributed by atoms with Gasteiger partial charge in [-0.3, -0.25) is 23.7 Å². The lowest BCUT2D eigenvalue weighted by Crippen LogP contribution is -2.44. The van der Waals surface area contributed by atoms with Crippen molar-refractivity contribution in [2.24, 2.45) is 11.8 Å². The van der Waals surface area contributed by atoms with Crippen LogP contribution >= 0.6 is 11.3 Å². The lowest BCUT2D eigenvalue weighted by atomic mass is 9.85. The van der Waals surface area contributed by atoms with Crippen molar-refractivity contribution in [2.45, 2.75) is 32.4 Å². The number of carbonyl (C=O) groups is 3. The first kappa shape index (κ1) is 17.6. The molecule has 0 bridgehead atoms. The van der Waals surface area contributed by atoms with E-state index in [-0.39, 0.29) is 35.8 Å². The molecule has 4 rings (SSSR count). The molecule has 2 amide bonds. The zero-order chi connectivity index (χ0) is 19.1. The minimum atomic E-state index is -1.01. The first-order valence-electron chi connectivity index (χ1n) is 8.61. The highest BCUT2D eigenvalue weighted by molar-refractivity contribution is 7.15. The van der Waals surface area contributed by atoms with E-state index in [9.17, 15) is 19.2 Å². The minimum absolute atomic E-state index is 0.197. The van der Waals surface area contributed by atoms with Gasteiger partial charge in [-0.2, -0.15) is 0 Å². The summed E-state index contributed by atoms with van der Waals surface area (Å²) in [6, 6.07) is 0.284. The Morgan fingerprint density at radius 1 is 1.26 bits per heavy atom. The van der Waals surface area contributed by atoms with Crippen LogP contribution < -0.4 is 5.56 Å². The average molecular weight is 387 g/mol. The fourth-order valence-electron chi connectivity index (χ4n) is 3.54. The number of rotatable bonds is 4. The number of aromatic nitrogens is 2. The molecule has 0 saturated carbocycles. The third kappa shape index (κ3) is 2.97. The molecular weight excluding hydrogens is 370 g/mol. The van der Waals surface area contributed by atoms with Crippen molar-refractivity contribution in [2.75, 3.05) is 0 Å². The molecule has 1 saturated heterocycles. The number of nitrogens with zero attached hydrogens (tertiary/aromatic N) is 3. The lowest BCUT2D eigenvalue weighted by Gasteiger charge is -2.21. The van der Waals surface area contributed by atoms with Gasteiger partial charge in [-0.25, -0.2) is 9.78 Å². The molecule has 2 aromatic heterocycles. The largest absolute Gasteiger partial charge is 0.458 e. The third-order valence-electron chi connectivity index (χ3n) is 4.99. The Kier molecular flexibility index (Phi) is 4.39. The third-order valence-corrected chi connectivity index (χ3v) is 5.75. The topological polar surface area (TPSA) is 98.1 Å². The normalized spacial score (nSPS) is 22.9. The predicted octanol–water partition coefficient (Wildman–Crippen LogP) is 1.14. The van der Waals surface area contributed by atoms with Gasteiger partial charge in [-0.15, -0.1) is 11.3 Å². The van der Waals surface area contributed by atoms with Gasteiger partial charge in [-0.1, -0.05) is 12.2 Å². The van der Waals surface area contributed by atoms with Crippen LogP contribution in [-0.2, 0) is 25.7 Å². The second kappa shape index (κ2) is 6.73. The van der Waals surface area contributed by atoms with Crippen molar-refractivity contribution >= 4 is 34.1 Å². The maximum atomic E-state index is 12.5. The van der Waals surface area contributed by atoms with Gasteiger partial charge < -0.3 is 4.74 Å². The van der Waals surface area contributed by atoms with E-state index < -0.39 is 12.0 Å². The molecular formula is C18H17N3O5S. The Balaban J connectivity index is 1.45. The van der Waals surface area contributed by atoms with E-state index in [1.54, 1.807) is 11.6 Å². The van der Waals surface area contributed by atoms with Crippen molar-refractivity contribution in [3.63, 3.8) is 0 Å². The van der Waals surface area contributed by atoms with Gasteiger partial charge in [0, 0.05) is 17.6 Å². The molecule has 8 nitrogen and oxygen atoms in total. The number of fused-ring (bicyclic) bond motifs is 2. The highest BCUT2D eigenvalue weighted by Crippen LogP contribution is 2.36. The van der Waals surface area contributed by atoms with Gasteiger partial charge in [0.15, 0.2) is 4.96 Å². The van der Waals surface area contributed by atoms with Crippen LogP contribution in [0.25, 0.3) is 4.96 Å². The molecule has 1 fully saturated rings. The van der Waals surface area contributed by atoms with Crippen molar-refractivity contribution in [1.29, 1.82) is 0 Å². The van der Waals surface area contributed by atoms with Gasteiger partial charge in [-0.05, 0) is 19.8 Å². The Hall–Kier alpha value is -2.81. The van der Waals surface area contributed by atoms with E-state index in [0.717, 1.165) is 4.90 Å². The van der Waals surface area contributed by atoms with Crippen LogP contribution in [-0.4, -0.2) is 38.1 Å². The number of imide groups is 1. The molecule has 0 spiro atoms. The molecule has 140 valence electrons. The standard InChI is InChI=1S/C18H17N3O5S/c1-10(21-15(23)12-4-2-3-5-13(12)16(21)24)17(25)26-9-11-8-14(22)20-6-7-27-18(20)19-11/h2-3,6-8,10,12-13H,4-5,9H2,1H3/t10-,12-,13+/m0/s1. The highest BCUT2D eigenvalue weighted by atomic mass is 32.1. The maximum absolute atomic E-state index is 12.5. The van der Waals surface area contributed by atoms with Gasteiger partial charge in [0.05, 0.1) is 17.5 Å². The molecule has 2 aliphatic rings. The second-order valence-electron chi connectivity index (χ2n) is 6.63. The Morgan fingerprint density at radius 3 is 2.59 bits per heavy atom. The molecule has 3 heterocycles. The predicted molar refractivity (Wildman–Crippen MR) is 95.8 cm³/mol. The summed E-state index contributed by atoms with van der Waals surface area (Å²) in [7, 11) is 0. The van der Waals surface area contributed by atoms with Crippen LogP contribution in [0.1, 0.15) is 25.5 Å². The lowest BCUT2D eigenvalue weighted by molar-refractivity contribution is -0.159. The number of likely N-dealkylation sites (tertiary alicyclic amines) is 1. The number of allylic oxidation sites excluding steroid dienone is 2. The molecule has 0 unspecified atom stereocenters. The Bertz CT molecular complexity index is 997. The molecule has 2 aromatic rings. The SMILES string of the molecule is C[C@@H](C(=O)OCc1cc(=O)n2ccsc2n1)N1C(=O)[C@H]2CC=CC[C@H]2C1=O. The van der Waals surface area contributed by atoms with Gasteiger partial charge >= 0.3 is 5.97 Å². The summed E-state index contributed by atoms with van der Waals surface area (Å²) in [4.78, 5) is 55.2. The number of esters is 1. The van der Waals surface area contributed by atoms with Gasteiger partial charge in [0.1, 0.15) is 12.6 Å². The maximum Gasteiger partial charge on any atom is 0.329 e. The fourth-order valence-corrected chi connectivity index (χ4v) is 4.28. The van der Waals surface area contributed by atoms with Crippen molar-refractivity contribution < 1.29 is 19.1 Å². The van der Waals surface area contributed by atoms with E-state index in [2.05, 4.69) is 4.98 Å². The smallest absolute Gasteiger partial charge is 0.329 e. The molecule has 9 heteroatoms. The van der Waals surface area contributed by atoms with Crippen molar-refractivity contribution in [3.05, 3.63) is 45.8 Å². The first-order chi connectivity index (χ1) is 13.0. The zero-order valence-electron chi connectivity index (χ0n) is 14.5. The first-order valence-corrected chi connectivity index (χ1v) is 9.49. The van der Waals surface area contributed by atoms with E-state index in [1.807, 2.05) is 12.2 Å². The van der Waals surface area contributed by atoms with Crippen molar-refractivity contribution in [3.8, 4) is 0 Å². The van der Waals surface area contributed by atoms with E-state index in [0.29, 0.717) is 23.5 Å². The van der Waals surface area contributed by atoms with Crippen LogP contribution in [0.2, 0.25) is 0 Å². The van der Waals surface area contributed by atoms with Crippen molar-refractivity contribution in [1.82, 2.24) is 14.3 Å². The summed E-state index contributed by atoms with van der Waals surface area (Å²) in [5.41, 5.74) is 0.0572. The Labute approximate surface area is 158 Å². The molecule has 27 heavy (non-hydrogen) atoms. The number of amides is 2. The molecule has 0 radical (unpaired) electrons. The molecule has 3 atom stereocenters. The van der Waals surface area contributed by atoms with Crippen LogP contribution in [0.3, 0.4) is 0 Å². The van der Waals surface area contributed by atoms with E-state index >= 15 is 0 Å². The summed E-state index contributed by atoms with van der Waals surface area (Å²) in [6.45, 7) is 1.28. The molecule has 1 aliphatic heterocycles. The molecule has 0 N–H and O–H groups in total. The summed E-state index contributed by atoms with van der Waals surface area (Å²) < 4.78 is 6.62. The number of thiazole rings is 1. The summed E-state index contributed by atoms with van der Waals surface area (Å²) in [5, 5.41) is 1.74. The zero-order valence-corrected chi connectivity index (χ0v) is 15.3. The number of carbonyl (C=O) groups excluding carboxylic acids is 3. The Morgan fingerprint density at radius 2 is 1.93 bits per heavy atom. The quantitative estimate of drug-likeness (QED) is 0.443. The number of hydrogen-bond donors (Lipinski definition) is 0. The number of ether oxygens (including phenoxy) is 1. The van der Waals surface area contributed by atoms with Crippen LogP contribution in [0.5, 0.6) is 0 Å². The number of hydrogen-bond acceptors (Lipinski definition) is 7. The van der Waals surface area contributed by atoms with E-state index in [4.69, 9.17) is 4.74 Å². The van der Waals surface area contributed by atoms with E-state index in [1.165, 1.54) is 28.7 Å². The molecule has 0 aromatic carbocycles. The van der Waals surface area contributed by atoms with Crippen LogP contribution in [0, 0.1) is 11.8 Å². The highest BCUT2D eigenvalue weighted by Gasteiger charge is 2.50. The minimum Gasteiger partial charge on any atom is -0.458 e. The summed E-state index contributed by atoms with van der Waals surface area (Å²) in [6.07, 6.45) is 6.43. The van der Waals surface area contributed by atoms with Gasteiger partial charge in [0.2, 0.25) is 11.8 Å². The van der Waals surface area contributed by atoms with Crippen LogP contribution in [0.15, 0.2) is 34.6 Å². The monoisotopic (exact) mass is 387 g/mol. The van der Waals surface area contributed by atoms with Crippen LogP contribution in [0.4, 0.5) is 0 Å². The second-order valence-corrected chi connectivity index (χ2v) is 7.50. The summed E-state index contributed by atoms with van der Waals surface area (Å²) in [5.74, 6) is -2.12. The fraction of sp³-hybridized carbons (Fsp3) is 0.389. The average Bonchev–Trinajstić information content (AvgIpc) is 3.23. The molecule has 1 aliphatic carbocycles. The van der Waals surface area contributed by atoms with Gasteiger partial charge in [0.25, 0.3) is 5.56 Å².